The summed E-state index contributed by atoms with van der Waals surface area (Å²) in [5.41, 5.74) is 2.42. The van der Waals surface area contributed by atoms with Crippen molar-refractivity contribution in [2.75, 3.05) is 24.4 Å². The van der Waals surface area contributed by atoms with E-state index < -0.39 is 5.91 Å². The van der Waals surface area contributed by atoms with E-state index >= 15 is 0 Å². The number of para-hydroxylation sites is 1. The highest BCUT2D eigenvalue weighted by atomic mass is 35.5. The third-order valence-corrected chi connectivity index (χ3v) is 5.31. The van der Waals surface area contributed by atoms with Gasteiger partial charge in [0.25, 0.3) is 11.8 Å². The lowest BCUT2D eigenvalue weighted by Gasteiger charge is -2.12. The quantitative estimate of drug-likeness (QED) is 0.367. The van der Waals surface area contributed by atoms with Gasteiger partial charge in [-0.25, -0.2) is 0 Å². The van der Waals surface area contributed by atoms with Crippen LogP contribution in [0.5, 0.6) is 11.5 Å². The molecule has 0 atom stereocenters. The van der Waals surface area contributed by atoms with Crippen LogP contribution in [0, 0.1) is 6.92 Å². The fourth-order valence-corrected chi connectivity index (χ4v) is 3.32. The minimum atomic E-state index is -0.409. The second-order valence-corrected chi connectivity index (χ2v) is 7.67. The molecule has 0 aliphatic rings. The number of benzene rings is 3. The van der Waals surface area contributed by atoms with Crippen LogP contribution in [0.25, 0.3) is 11.0 Å². The molecule has 4 aromatic rings. The molecule has 1 aromatic heterocycles. The number of ether oxygens (including phenoxy) is 2. The number of fused-ring (bicyclic) bond motifs is 1. The van der Waals surface area contributed by atoms with Crippen LogP contribution < -0.4 is 20.1 Å². The van der Waals surface area contributed by atoms with E-state index in [1.165, 1.54) is 7.11 Å². The summed E-state index contributed by atoms with van der Waals surface area (Å²) in [6.07, 6.45) is 0. The molecule has 7 nitrogen and oxygen atoms in total. The van der Waals surface area contributed by atoms with Crippen molar-refractivity contribution in [3.63, 3.8) is 0 Å². The Morgan fingerprint density at radius 3 is 2.58 bits per heavy atom. The Labute approximate surface area is 195 Å². The predicted octanol–water partition coefficient (Wildman–Crippen LogP) is 5.67. The van der Waals surface area contributed by atoms with E-state index in [0.29, 0.717) is 33.5 Å². The smallest absolute Gasteiger partial charge is 0.291 e. The van der Waals surface area contributed by atoms with Gasteiger partial charge in [0, 0.05) is 22.2 Å². The number of hydrogen-bond acceptors (Lipinski definition) is 5. The molecule has 168 valence electrons. The van der Waals surface area contributed by atoms with Crippen LogP contribution in [0.1, 0.15) is 16.1 Å². The number of furan rings is 1. The van der Waals surface area contributed by atoms with Crippen LogP contribution in [0.4, 0.5) is 11.4 Å². The van der Waals surface area contributed by atoms with Gasteiger partial charge in [-0.05, 0) is 55.0 Å². The van der Waals surface area contributed by atoms with Crippen molar-refractivity contribution in [1.82, 2.24) is 0 Å². The molecular weight excluding hydrogens is 444 g/mol. The number of carbonyl (C=O) groups excluding carboxylic acids is 2. The number of amides is 2. The van der Waals surface area contributed by atoms with E-state index in [4.69, 9.17) is 25.5 Å². The summed E-state index contributed by atoms with van der Waals surface area (Å²) in [5, 5.41) is 6.98. The number of nitrogens with one attached hydrogen (secondary N) is 2. The van der Waals surface area contributed by atoms with Crippen LogP contribution in [-0.2, 0) is 4.79 Å². The first-order chi connectivity index (χ1) is 15.9. The number of aryl methyl sites for hydroxylation is 1. The summed E-state index contributed by atoms with van der Waals surface area (Å²) in [6.45, 7) is 1.68. The second-order valence-electron chi connectivity index (χ2n) is 7.27. The Kier molecular flexibility index (Phi) is 6.51. The maximum Gasteiger partial charge on any atom is 0.291 e. The lowest BCUT2D eigenvalue weighted by Crippen LogP contribution is -2.20. The molecule has 0 radical (unpaired) electrons. The predicted molar refractivity (Wildman–Crippen MR) is 127 cm³/mol. The molecule has 2 amide bonds. The molecule has 1 heterocycles. The number of anilines is 2. The topological polar surface area (TPSA) is 89.8 Å². The highest BCUT2D eigenvalue weighted by Crippen LogP contribution is 2.29. The van der Waals surface area contributed by atoms with Crippen molar-refractivity contribution in [2.45, 2.75) is 6.92 Å². The van der Waals surface area contributed by atoms with Crippen LogP contribution in [0.2, 0.25) is 5.02 Å². The molecule has 0 saturated heterocycles. The number of rotatable bonds is 7. The summed E-state index contributed by atoms with van der Waals surface area (Å²) in [5.74, 6) is 0.363. The lowest BCUT2D eigenvalue weighted by molar-refractivity contribution is -0.118. The summed E-state index contributed by atoms with van der Waals surface area (Å²) < 4.78 is 16.5. The first-order valence-electron chi connectivity index (χ1n) is 10.1. The van der Waals surface area contributed by atoms with Crippen LogP contribution in [-0.4, -0.2) is 25.5 Å². The van der Waals surface area contributed by atoms with Gasteiger partial charge in [0.05, 0.1) is 12.8 Å². The normalized spacial score (nSPS) is 10.6. The van der Waals surface area contributed by atoms with Crippen LogP contribution in [0.15, 0.2) is 71.1 Å². The van der Waals surface area contributed by atoms with Gasteiger partial charge in [-0.15, -0.1) is 0 Å². The molecule has 0 spiro atoms. The Bertz CT molecular complexity index is 1300. The molecule has 33 heavy (non-hydrogen) atoms. The number of halogens is 1. The van der Waals surface area contributed by atoms with Crippen molar-refractivity contribution in [1.29, 1.82) is 0 Å². The summed E-state index contributed by atoms with van der Waals surface area (Å²) in [6, 6.07) is 19.1. The highest BCUT2D eigenvalue weighted by molar-refractivity contribution is 6.31. The minimum Gasteiger partial charge on any atom is -0.494 e. The monoisotopic (exact) mass is 464 g/mol. The van der Waals surface area contributed by atoms with E-state index in [0.717, 1.165) is 10.9 Å². The number of hydrogen-bond donors (Lipinski definition) is 2. The Balaban J connectivity index is 1.39. The maximum atomic E-state index is 12.6. The van der Waals surface area contributed by atoms with Gasteiger partial charge >= 0.3 is 0 Å². The second kappa shape index (κ2) is 9.67. The van der Waals surface area contributed by atoms with Gasteiger partial charge in [-0.3, -0.25) is 9.59 Å². The highest BCUT2D eigenvalue weighted by Gasteiger charge is 2.15. The van der Waals surface area contributed by atoms with Gasteiger partial charge < -0.3 is 24.5 Å². The molecule has 2 N–H and O–H groups in total. The first-order valence-corrected chi connectivity index (χ1v) is 10.5. The summed E-state index contributed by atoms with van der Waals surface area (Å²) in [7, 11) is 1.48. The molecule has 4 rings (SSSR count). The van der Waals surface area contributed by atoms with Crippen molar-refractivity contribution in [3.05, 3.63) is 83.1 Å². The first kappa shape index (κ1) is 22.2. The van der Waals surface area contributed by atoms with Crippen molar-refractivity contribution in [3.8, 4) is 11.5 Å². The van der Waals surface area contributed by atoms with Gasteiger partial charge in [0.15, 0.2) is 12.4 Å². The molecule has 0 aliphatic heterocycles. The van der Waals surface area contributed by atoms with Crippen molar-refractivity contribution >= 4 is 45.8 Å². The summed E-state index contributed by atoms with van der Waals surface area (Å²) in [4.78, 5) is 24.9. The van der Waals surface area contributed by atoms with Gasteiger partial charge in [0.1, 0.15) is 17.1 Å². The maximum absolute atomic E-state index is 12.6. The van der Waals surface area contributed by atoms with Crippen LogP contribution >= 0.6 is 11.6 Å². The van der Waals surface area contributed by atoms with Crippen molar-refractivity contribution < 1.29 is 23.5 Å². The average molecular weight is 465 g/mol. The fourth-order valence-electron chi connectivity index (χ4n) is 3.20. The number of methoxy groups -OCH3 is 1. The van der Waals surface area contributed by atoms with Crippen molar-refractivity contribution in [2.24, 2.45) is 0 Å². The van der Waals surface area contributed by atoms with Gasteiger partial charge in [-0.2, -0.15) is 0 Å². The number of carbonyl (C=O) groups is 2. The van der Waals surface area contributed by atoms with E-state index in [1.54, 1.807) is 48.5 Å². The SMILES string of the molecule is COc1cc(NC(=O)COc2ccc(Cl)c(C)c2)ccc1NC(=O)c1cc2ccccc2o1. The summed E-state index contributed by atoms with van der Waals surface area (Å²) >= 11 is 6.00. The molecular formula is C25H21ClN2O5. The largest absolute Gasteiger partial charge is 0.494 e. The fraction of sp³-hybridized carbons (Fsp3) is 0.120. The van der Waals surface area contributed by atoms with E-state index in [2.05, 4.69) is 10.6 Å². The molecule has 8 heteroatoms. The third kappa shape index (κ3) is 5.27. The standard InChI is InChI=1S/C25H21ClN2O5/c1-15-11-18(8-9-19(15)26)32-14-24(29)27-17-7-10-20(22(13-17)31-2)28-25(30)23-12-16-5-3-4-6-21(16)33-23/h3-13H,14H2,1-2H3,(H,27,29)(H,28,30). The van der Waals surface area contributed by atoms with E-state index in [1.807, 2.05) is 25.1 Å². The molecule has 3 aromatic carbocycles. The van der Waals surface area contributed by atoms with E-state index in [-0.39, 0.29) is 18.3 Å². The van der Waals surface area contributed by atoms with Gasteiger partial charge in [-0.1, -0.05) is 29.8 Å². The molecule has 0 bridgehead atoms. The van der Waals surface area contributed by atoms with Gasteiger partial charge in [0.2, 0.25) is 0 Å². The zero-order chi connectivity index (χ0) is 23.4. The lowest BCUT2D eigenvalue weighted by atomic mass is 10.2. The molecule has 0 aliphatic carbocycles. The zero-order valence-corrected chi connectivity index (χ0v) is 18.7. The zero-order valence-electron chi connectivity index (χ0n) is 18.0. The molecule has 0 unspecified atom stereocenters. The Morgan fingerprint density at radius 1 is 1.00 bits per heavy atom. The Hall–Kier alpha value is -3.97. The third-order valence-electron chi connectivity index (χ3n) is 4.88. The van der Waals surface area contributed by atoms with Crippen LogP contribution in [0.3, 0.4) is 0 Å². The average Bonchev–Trinajstić information content (AvgIpc) is 3.25. The Morgan fingerprint density at radius 2 is 1.82 bits per heavy atom. The minimum absolute atomic E-state index is 0.173. The van der Waals surface area contributed by atoms with E-state index in [9.17, 15) is 9.59 Å². The molecule has 0 saturated carbocycles. The molecule has 0 fully saturated rings.